The van der Waals surface area contributed by atoms with Gasteiger partial charge in [0, 0.05) is 6.54 Å². The molecular formula is C15H19N3O. The minimum atomic E-state index is 0.469. The van der Waals surface area contributed by atoms with E-state index in [4.69, 9.17) is 0 Å². The Balaban J connectivity index is 2.13. The summed E-state index contributed by atoms with van der Waals surface area (Å²) in [6, 6.07) is 10.2. The van der Waals surface area contributed by atoms with Gasteiger partial charge in [-0.3, -0.25) is 4.79 Å². The van der Waals surface area contributed by atoms with Crippen LogP contribution in [-0.2, 0) is 19.4 Å². The number of carbonyl (C=O) groups is 1. The SMILES string of the molecule is CC(C)Cn1nnc(C=O)c1CCc1ccccc1. The maximum Gasteiger partial charge on any atom is 0.172 e. The Bertz CT molecular complexity index is 532. The Kier molecular flexibility index (Phi) is 4.44. The summed E-state index contributed by atoms with van der Waals surface area (Å²) in [6.07, 6.45) is 2.48. The van der Waals surface area contributed by atoms with Gasteiger partial charge in [-0.05, 0) is 24.3 Å². The Morgan fingerprint density at radius 2 is 1.95 bits per heavy atom. The fourth-order valence-corrected chi connectivity index (χ4v) is 2.09. The standard InChI is InChI=1S/C15H19N3O/c1-12(2)10-18-15(14(11-19)16-17-18)9-8-13-6-4-3-5-7-13/h3-7,11-12H,8-10H2,1-2H3. The Morgan fingerprint density at radius 1 is 1.21 bits per heavy atom. The molecule has 0 bridgehead atoms. The van der Waals surface area contributed by atoms with Crippen LogP contribution in [0.25, 0.3) is 0 Å². The summed E-state index contributed by atoms with van der Waals surface area (Å²) in [7, 11) is 0. The third kappa shape index (κ3) is 3.50. The van der Waals surface area contributed by atoms with Gasteiger partial charge < -0.3 is 0 Å². The summed E-state index contributed by atoms with van der Waals surface area (Å²) in [6.45, 7) is 5.05. The molecule has 0 unspecified atom stereocenters. The number of nitrogens with zero attached hydrogens (tertiary/aromatic N) is 3. The normalized spacial score (nSPS) is 10.9. The third-order valence-corrected chi connectivity index (χ3v) is 3.01. The molecule has 2 aromatic rings. The molecule has 100 valence electrons. The van der Waals surface area contributed by atoms with Gasteiger partial charge in [0.1, 0.15) is 5.69 Å². The fourth-order valence-electron chi connectivity index (χ4n) is 2.09. The quantitative estimate of drug-likeness (QED) is 0.747. The molecule has 0 radical (unpaired) electrons. The molecule has 4 heteroatoms. The molecule has 0 saturated heterocycles. The van der Waals surface area contributed by atoms with E-state index in [-0.39, 0.29) is 0 Å². The van der Waals surface area contributed by atoms with Crippen molar-refractivity contribution in [2.24, 2.45) is 5.92 Å². The zero-order chi connectivity index (χ0) is 13.7. The van der Waals surface area contributed by atoms with Crippen LogP contribution in [0.4, 0.5) is 0 Å². The van der Waals surface area contributed by atoms with Gasteiger partial charge >= 0.3 is 0 Å². The van der Waals surface area contributed by atoms with Crippen molar-refractivity contribution in [2.45, 2.75) is 33.2 Å². The molecule has 19 heavy (non-hydrogen) atoms. The van der Waals surface area contributed by atoms with Gasteiger partial charge in [-0.1, -0.05) is 49.4 Å². The summed E-state index contributed by atoms with van der Waals surface area (Å²) >= 11 is 0. The first kappa shape index (κ1) is 13.5. The smallest absolute Gasteiger partial charge is 0.172 e. The molecule has 0 saturated carbocycles. The second-order valence-corrected chi connectivity index (χ2v) is 5.10. The van der Waals surface area contributed by atoms with Crippen molar-refractivity contribution in [3.05, 3.63) is 47.3 Å². The number of hydrogen-bond acceptors (Lipinski definition) is 3. The van der Waals surface area contributed by atoms with Gasteiger partial charge in [0.15, 0.2) is 6.29 Å². The van der Waals surface area contributed by atoms with Crippen LogP contribution in [0.15, 0.2) is 30.3 Å². The highest BCUT2D eigenvalue weighted by atomic mass is 16.1. The molecule has 1 aromatic carbocycles. The van der Waals surface area contributed by atoms with Crippen molar-refractivity contribution >= 4 is 6.29 Å². The molecule has 2 rings (SSSR count). The molecule has 0 aliphatic heterocycles. The molecule has 1 heterocycles. The fraction of sp³-hybridized carbons (Fsp3) is 0.400. The monoisotopic (exact) mass is 257 g/mol. The molecule has 0 spiro atoms. The van der Waals surface area contributed by atoms with Gasteiger partial charge in [-0.15, -0.1) is 5.10 Å². The lowest BCUT2D eigenvalue weighted by atomic mass is 10.1. The molecule has 0 aliphatic carbocycles. The minimum absolute atomic E-state index is 0.469. The first-order chi connectivity index (χ1) is 9.20. The van der Waals surface area contributed by atoms with Crippen molar-refractivity contribution in [1.29, 1.82) is 0 Å². The predicted molar refractivity (Wildman–Crippen MR) is 74.1 cm³/mol. The van der Waals surface area contributed by atoms with Gasteiger partial charge in [0.2, 0.25) is 0 Å². The summed E-state index contributed by atoms with van der Waals surface area (Å²) < 4.78 is 1.86. The van der Waals surface area contributed by atoms with Crippen molar-refractivity contribution in [2.75, 3.05) is 0 Å². The van der Waals surface area contributed by atoms with Gasteiger partial charge in [-0.2, -0.15) is 0 Å². The van der Waals surface area contributed by atoms with E-state index in [9.17, 15) is 4.79 Å². The molecule has 0 amide bonds. The molecular weight excluding hydrogens is 238 g/mol. The first-order valence-electron chi connectivity index (χ1n) is 6.62. The summed E-state index contributed by atoms with van der Waals surface area (Å²) in [5.41, 5.74) is 2.67. The summed E-state index contributed by atoms with van der Waals surface area (Å²) in [5.74, 6) is 0.483. The lowest BCUT2D eigenvalue weighted by molar-refractivity contribution is 0.111. The number of aldehydes is 1. The van der Waals surface area contributed by atoms with Crippen molar-refractivity contribution < 1.29 is 4.79 Å². The number of benzene rings is 1. The zero-order valence-electron chi connectivity index (χ0n) is 11.4. The molecule has 0 aliphatic rings. The largest absolute Gasteiger partial charge is 0.296 e. The van der Waals surface area contributed by atoms with Gasteiger partial charge in [0.25, 0.3) is 0 Å². The minimum Gasteiger partial charge on any atom is -0.296 e. The Hall–Kier alpha value is -1.97. The van der Waals surface area contributed by atoms with Crippen LogP contribution in [0, 0.1) is 5.92 Å². The van der Waals surface area contributed by atoms with E-state index in [1.54, 1.807) is 0 Å². The van der Waals surface area contributed by atoms with Crippen LogP contribution in [0.2, 0.25) is 0 Å². The van der Waals surface area contributed by atoms with E-state index >= 15 is 0 Å². The molecule has 4 nitrogen and oxygen atoms in total. The van der Waals surface area contributed by atoms with E-state index in [1.165, 1.54) is 5.56 Å². The Morgan fingerprint density at radius 3 is 2.58 bits per heavy atom. The van der Waals surface area contributed by atoms with Crippen LogP contribution < -0.4 is 0 Å². The first-order valence-corrected chi connectivity index (χ1v) is 6.62. The van der Waals surface area contributed by atoms with E-state index in [0.29, 0.717) is 11.6 Å². The van der Waals surface area contributed by atoms with Crippen molar-refractivity contribution in [1.82, 2.24) is 15.0 Å². The van der Waals surface area contributed by atoms with Crippen molar-refractivity contribution in [3.8, 4) is 0 Å². The van der Waals surface area contributed by atoms with Crippen LogP contribution in [-0.4, -0.2) is 21.3 Å². The van der Waals surface area contributed by atoms with Crippen LogP contribution in [0.3, 0.4) is 0 Å². The average Bonchev–Trinajstić information content (AvgIpc) is 2.79. The summed E-state index contributed by atoms with van der Waals surface area (Å²) in [4.78, 5) is 11.0. The van der Waals surface area contributed by atoms with E-state index in [1.807, 2.05) is 22.9 Å². The van der Waals surface area contributed by atoms with Gasteiger partial charge in [-0.25, -0.2) is 4.68 Å². The van der Waals surface area contributed by atoms with Crippen molar-refractivity contribution in [3.63, 3.8) is 0 Å². The van der Waals surface area contributed by atoms with E-state index < -0.39 is 0 Å². The summed E-state index contributed by atoms with van der Waals surface area (Å²) in [5, 5.41) is 8.02. The van der Waals surface area contributed by atoms with Crippen LogP contribution in [0.5, 0.6) is 0 Å². The van der Waals surface area contributed by atoms with Crippen LogP contribution in [0.1, 0.15) is 35.6 Å². The molecule has 0 fully saturated rings. The second-order valence-electron chi connectivity index (χ2n) is 5.10. The lowest BCUT2D eigenvalue weighted by Gasteiger charge is -2.09. The van der Waals surface area contributed by atoms with Crippen LogP contribution >= 0.6 is 0 Å². The zero-order valence-corrected chi connectivity index (χ0v) is 11.4. The third-order valence-electron chi connectivity index (χ3n) is 3.01. The highest BCUT2D eigenvalue weighted by Gasteiger charge is 2.13. The molecule has 1 aromatic heterocycles. The Labute approximate surface area is 113 Å². The maximum atomic E-state index is 11.0. The lowest BCUT2D eigenvalue weighted by Crippen LogP contribution is -2.11. The number of carbonyl (C=O) groups excluding carboxylic acids is 1. The maximum absolute atomic E-state index is 11.0. The number of hydrogen-bond donors (Lipinski definition) is 0. The average molecular weight is 257 g/mol. The van der Waals surface area contributed by atoms with E-state index in [0.717, 1.165) is 31.4 Å². The second kappa shape index (κ2) is 6.27. The molecule has 0 N–H and O–H groups in total. The number of aryl methyl sites for hydroxylation is 1. The molecule has 0 atom stereocenters. The highest BCUT2D eigenvalue weighted by molar-refractivity contribution is 5.73. The topological polar surface area (TPSA) is 47.8 Å². The highest BCUT2D eigenvalue weighted by Crippen LogP contribution is 2.11. The van der Waals surface area contributed by atoms with Gasteiger partial charge in [0.05, 0.1) is 5.69 Å². The number of rotatable bonds is 6. The predicted octanol–water partition coefficient (Wildman–Crippen LogP) is 2.53. The number of aromatic nitrogens is 3. The van der Waals surface area contributed by atoms with E-state index in [2.05, 4.69) is 36.3 Å².